The molecular weight excluding hydrogens is 194 g/mol. The Morgan fingerprint density at radius 2 is 2.20 bits per heavy atom. The molecular formula is C11H19NO3. The number of hydroxylamine groups is 2. The van der Waals surface area contributed by atoms with E-state index in [-0.39, 0.29) is 17.6 Å². The van der Waals surface area contributed by atoms with Gasteiger partial charge in [-0.3, -0.25) is 0 Å². The van der Waals surface area contributed by atoms with Gasteiger partial charge in [0.2, 0.25) is 0 Å². The summed E-state index contributed by atoms with van der Waals surface area (Å²) in [5.74, 6) is -0.345. The Kier molecular flexibility index (Phi) is 3.52. The molecule has 1 fully saturated rings. The highest BCUT2D eigenvalue weighted by atomic mass is 16.5. The first-order chi connectivity index (χ1) is 6.83. The molecule has 4 nitrogen and oxygen atoms in total. The van der Waals surface area contributed by atoms with Crippen molar-refractivity contribution in [2.24, 2.45) is 0 Å². The summed E-state index contributed by atoms with van der Waals surface area (Å²) < 4.78 is 5.26. The minimum Gasteiger partial charge on any atom is -0.459 e. The van der Waals surface area contributed by atoms with Crippen molar-refractivity contribution in [1.29, 1.82) is 0 Å². The second-order valence-electron chi connectivity index (χ2n) is 4.74. The van der Waals surface area contributed by atoms with Gasteiger partial charge in [0.1, 0.15) is 6.10 Å². The summed E-state index contributed by atoms with van der Waals surface area (Å²) in [5, 5.41) is 10.9. The van der Waals surface area contributed by atoms with E-state index in [1.807, 2.05) is 13.8 Å². The smallest absolute Gasteiger partial charge is 0.333 e. The molecule has 86 valence electrons. The molecule has 1 rings (SSSR count). The number of esters is 1. The predicted octanol–water partition coefficient (Wildman–Crippen LogP) is 1.74. The highest BCUT2D eigenvalue weighted by Gasteiger charge is 2.35. The number of rotatable bonds is 2. The largest absolute Gasteiger partial charge is 0.459 e. The highest BCUT2D eigenvalue weighted by Crippen LogP contribution is 2.27. The summed E-state index contributed by atoms with van der Waals surface area (Å²) >= 11 is 0. The molecule has 1 aliphatic heterocycles. The van der Waals surface area contributed by atoms with E-state index in [0.717, 1.165) is 0 Å². The van der Waals surface area contributed by atoms with Gasteiger partial charge in [-0.1, -0.05) is 6.58 Å². The number of carbonyl (C=O) groups is 1. The van der Waals surface area contributed by atoms with E-state index in [0.29, 0.717) is 25.0 Å². The average molecular weight is 213 g/mol. The second-order valence-corrected chi connectivity index (χ2v) is 4.74. The first-order valence-electron chi connectivity index (χ1n) is 5.16. The number of piperidine rings is 1. The molecule has 1 unspecified atom stereocenters. The molecule has 0 aromatic heterocycles. The van der Waals surface area contributed by atoms with Gasteiger partial charge in [0.05, 0.1) is 0 Å². The average Bonchev–Trinajstić information content (AvgIpc) is 2.10. The van der Waals surface area contributed by atoms with Crippen LogP contribution in [-0.2, 0) is 9.53 Å². The number of carbonyl (C=O) groups excluding carboxylic acids is 1. The van der Waals surface area contributed by atoms with Crippen LogP contribution in [0.3, 0.4) is 0 Å². The first-order valence-corrected chi connectivity index (χ1v) is 5.16. The third kappa shape index (κ3) is 3.04. The van der Waals surface area contributed by atoms with Crippen LogP contribution in [0.15, 0.2) is 12.2 Å². The molecule has 1 atom stereocenters. The van der Waals surface area contributed by atoms with E-state index >= 15 is 0 Å². The first kappa shape index (κ1) is 12.2. The summed E-state index contributed by atoms with van der Waals surface area (Å²) in [6.07, 6.45) is 1.19. The van der Waals surface area contributed by atoms with E-state index < -0.39 is 0 Å². The maximum atomic E-state index is 11.3. The van der Waals surface area contributed by atoms with Crippen molar-refractivity contribution in [3.05, 3.63) is 12.2 Å². The quantitative estimate of drug-likeness (QED) is 0.560. The number of hydrogen-bond acceptors (Lipinski definition) is 4. The van der Waals surface area contributed by atoms with Crippen LogP contribution in [0.1, 0.15) is 33.6 Å². The van der Waals surface area contributed by atoms with Crippen LogP contribution >= 0.6 is 0 Å². The van der Waals surface area contributed by atoms with Gasteiger partial charge in [0.15, 0.2) is 0 Å². The fourth-order valence-electron chi connectivity index (χ4n) is 1.69. The molecule has 0 aromatic rings. The van der Waals surface area contributed by atoms with Crippen molar-refractivity contribution >= 4 is 5.97 Å². The van der Waals surface area contributed by atoms with Crippen molar-refractivity contribution in [2.75, 3.05) is 6.54 Å². The van der Waals surface area contributed by atoms with Gasteiger partial charge >= 0.3 is 5.97 Å². The molecule has 0 aromatic carbocycles. The second kappa shape index (κ2) is 4.33. The lowest BCUT2D eigenvalue weighted by Crippen LogP contribution is -2.50. The molecule has 0 radical (unpaired) electrons. The van der Waals surface area contributed by atoms with Crippen LogP contribution in [0, 0.1) is 0 Å². The highest BCUT2D eigenvalue weighted by molar-refractivity contribution is 5.87. The fourth-order valence-corrected chi connectivity index (χ4v) is 1.69. The molecule has 0 amide bonds. The van der Waals surface area contributed by atoms with Crippen LogP contribution in [0.5, 0.6) is 0 Å². The van der Waals surface area contributed by atoms with E-state index in [1.54, 1.807) is 6.92 Å². The fraction of sp³-hybridized carbons (Fsp3) is 0.727. The molecule has 0 bridgehead atoms. The minimum absolute atomic E-state index is 0.118. The lowest BCUT2D eigenvalue weighted by Gasteiger charge is -2.41. The monoisotopic (exact) mass is 213 g/mol. The zero-order chi connectivity index (χ0) is 11.6. The van der Waals surface area contributed by atoms with Crippen molar-refractivity contribution < 1.29 is 14.7 Å². The molecule has 0 aliphatic carbocycles. The molecule has 4 heteroatoms. The zero-order valence-corrected chi connectivity index (χ0v) is 9.62. The Hall–Kier alpha value is -0.870. The lowest BCUT2D eigenvalue weighted by molar-refractivity contribution is -0.201. The molecule has 1 heterocycles. The summed E-state index contributed by atoms with van der Waals surface area (Å²) in [6.45, 7) is 9.55. The Morgan fingerprint density at radius 3 is 2.67 bits per heavy atom. The van der Waals surface area contributed by atoms with Gasteiger partial charge in [-0.25, -0.2) is 4.79 Å². The summed E-state index contributed by atoms with van der Waals surface area (Å²) in [5.41, 5.74) is 0.0809. The number of nitrogens with zero attached hydrogens (tertiary/aromatic N) is 1. The van der Waals surface area contributed by atoms with Crippen LogP contribution in [0.4, 0.5) is 0 Å². The molecule has 15 heavy (non-hydrogen) atoms. The predicted molar refractivity (Wildman–Crippen MR) is 56.5 cm³/mol. The summed E-state index contributed by atoms with van der Waals surface area (Å²) in [4.78, 5) is 11.3. The van der Waals surface area contributed by atoms with Gasteiger partial charge in [0.25, 0.3) is 0 Å². The van der Waals surface area contributed by atoms with Crippen LogP contribution < -0.4 is 0 Å². The van der Waals surface area contributed by atoms with E-state index in [9.17, 15) is 10.0 Å². The normalized spacial score (nSPS) is 26.0. The molecule has 0 saturated carbocycles. The van der Waals surface area contributed by atoms with Gasteiger partial charge in [-0.05, 0) is 27.2 Å². The van der Waals surface area contributed by atoms with Crippen molar-refractivity contribution in [2.45, 2.75) is 45.3 Å². The summed E-state index contributed by atoms with van der Waals surface area (Å²) in [7, 11) is 0. The van der Waals surface area contributed by atoms with Gasteiger partial charge in [-0.2, -0.15) is 5.06 Å². The SMILES string of the molecule is C=C(C)C(=O)OC1CCN(O)C(C)(C)C1. The van der Waals surface area contributed by atoms with Crippen molar-refractivity contribution in [1.82, 2.24) is 5.06 Å². The molecule has 0 spiro atoms. The van der Waals surface area contributed by atoms with E-state index in [1.165, 1.54) is 5.06 Å². The van der Waals surface area contributed by atoms with Gasteiger partial charge < -0.3 is 9.94 Å². The van der Waals surface area contributed by atoms with Crippen LogP contribution in [0.2, 0.25) is 0 Å². The Labute approximate surface area is 90.5 Å². The maximum absolute atomic E-state index is 11.3. The Bertz CT molecular complexity index is 273. The molecule has 1 aliphatic rings. The zero-order valence-electron chi connectivity index (χ0n) is 9.62. The van der Waals surface area contributed by atoms with Crippen LogP contribution in [0.25, 0.3) is 0 Å². The molecule has 1 N–H and O–H groups in total. The van der Waals surface area contributed by atoms with Crippen molar-refractivity contribution in [3.8, 4) is 0 Å². The Morgan fingerprint density at radius 1 is 1.60 bits per heavy atom. The lowest BCUT2D eigenvalue weighted by atomic mass is 9.90. The minimum atomic E-state index is -0.345. The van der Waals surface area contributed by atoms with Crippen LogP contribution in [-0.4, -0.2) is 34.4 Å². The van der Waals surface area contributed by atoms with Gasteiger partial charge in [0, 0.05) is 24.1 Å². The third-order valence-electron chi connectivity index (χ3n) is 2.71. The van der Waals surface area contributed by atoms with E-state index in [4.69, 9.17) is 4.74 Å². The van der Waals surface area contributed by atoms with Gasteiger partial charge in [-0.15, -0.1) is 0 Å². The third-order valence-corrected chi connectivity index (χ3v) is 2.71. The summed E-state index contributed by atoms with van der Waals surface area (Å²) in [6, 6.07) is 0. The van der Waals surface area contributed by atoms with E-state index in [2.05, 4.69) is 6.58 Å². The number of hydrogen-bond donors (Lipinski definition) is 1. The maximum Gasteiger partial charge on any atom is 0.333 e. The topological polar surface area (TPSA) is 49.8 Å². The standard InChI is InChI=1S/C11H19NO3/c1-8(2)10(13)15-9-5-6-12(14)11(3,4)7-9/h9,14H,1,5-7H2,2-4H3. The molecule has 1 saturated heterocycles. The number of ether oxygens (including phenoxy) is 1. The Balaban J connectivity index is 2.53. The van der Waals surface area contributed by atoms with Crippen molar-refractivity contribution in [3.63, 3.8) is 0 Å².